The van der Waals surface area contributed by atoms with Crippen molar-refractivity contribution >= 4 is 40.5 Å². The Morgan fingerprint density at radius 2 is 2.03 bits per heavy atom. The Bertz CT molecular complexity index is 1060. The molecular weight excluding hydrogens is 465 g/mol. The van der Waals surface area contributed by atoms with E-state index in [1.807, 2.05) is 12.1 Å². The highest BCUT2D eigenvalue weighted by atomic mass is 79.9. The molecule has 2 aromatic heterocycles. The number of benzene rings is 1. The van der Waals surface area contributed by atoms with Gasteiger partial charge in [0.25, 0.3) is 0 Å². The first-order chi connectivity index (χ1) is 13.8. The molecule has 0 radical (unpaired) electrons. The minimum absolute atomic E-state index is 0.00138. The molecule has 1 unspecified atom stereocenters. The number of anilines is 1. The summed E-state index contributed by atoms with van der Waals surface area (Å²) in [7, 11) is -2.45. The van der Waals surface area contributed by atoms with Gasteiger partial charge in [-0.15, -0.1) is 0 Å². The number of imidazole rings is 1. The molecule has 2 heterocycles. The molecule has 0 aliphatic carbocycles. The lowest BCUT2D eigenvalue weighted by atomic mass is 10.1. The van der Waals surface area contributed by atoms with Gasteiger partial charge in [0.1, 0.15) is 0 Å². The molecule has 156 valence electrons. The maximum atomic E-state index is 11.8. The number of fused-ring (bicyclic) bond motifs is 1. The molecule has 12 heteroatoms. The summed E-state index contributed by atoms with van der Waals surface area (Å²) in [6, 6.07) is 7.38. The molecule has 0 aliphatic rings. The van der Waals surface area contributed by atoms with Gasteiger partial charge in [-0.3, -0.25) is 9.13 Å². The van der Waals surface area contributed by atoms with Gasteiger partial charge in [0.05, 0.1) is 19.3 Å². The molecule has 0 bridgehead atoms. The van der Waals surface area contributed by atoms with Crippen LogP contribution in [0, 0.1) is 0 Å². The van der Waals surface area contributed by atoms with Crippen LogP contribution in [0.3, 0.4) is 0 Å². The van der Waals surface area contributed by atoms with Gasteiger partial charge >= 0.3 is 13.6 Å². The third-order valence-corrected chi connectivity index (χ3v) is 6.03. The van der Waals surface area contributed by atoms with Crippen LogP contribution in [-0.2, 0) is 21.8 Å². The molecule has 4 N–H and O–H groups in total. The predicted molar refractivity (Wildman–Crippen MR) is 111 cm³/mol. The summed E-state index contributed by atoms with van der Waals surface area (Å²) in [4.78, 5) is 22.6. The third-order valence-electron chi connectivity index (χ3n) is 4.09. The number of aliphatic hydroxyl groups excluding tert-OH is 1. The zero-order chi connectivity index (χ0) is 21.0. The number of halogens is 1. The number of hydrogen-bond acceptors (Lipinski definition) is 8. The SMILES string of the molecule is COP(=O)(O)Cc1cccc(Cn2c(Br)nc3c(N)nc(OCCCO)nc32)c1. The fraction of sp³-hybridized carbons (Fsp3) is 0.353. The van der Waals surface area contributed by atoms with E-state index >= 15 is 0 Å². The number of nitrogens with two attached hydrogens (primary N) is 1. The number of ether oxygens (including phenoxy) is 1. The van der Waals surface area contributed by atoms with Crippen molar-refractivity contribution in [2.75, 3.05) is 26.1 Å². The molecular formula is C17H21BrN5O5P. The minimum atomic E-state index is -3.66. The van der Waals surface area contributed by atoms with Crippen molar-refractivity contribution < 1.29 is 23.8 Å². The summed E-state index contributed by atoms with van der Waals surface area (Å²) in [5.74, 6) is 0.184. The Morgan fingerprint density at radius 1 is 1.28 bits per heavy atom. The van der Waals surface area contributed by atoms with Gasteiger partial charge in [0.15, 0.2) is 21.7 Å². The number of hydrogen-bond donors (Lipinski definition) is 3. The first-order valence-electron chi connectivity index (χ1n) is 8.71. The highest BCUT2D eigenvalue weighted by Crippen LogP contribution is 2.44. The van der Waals surface area contributed by atoms with Crippen molar-refractivity contribution in [2.45, 2.75) is 19.1 Å². The second-order valence-corrected chi connectivity index (χ2v) is 8.92. The maximum absolute atomic E-state index is 11.8. The van der Waals surface area contributed by atoms with E-state index in [-0.39, 0.29) is 31.2 Å². The first-order valence-corrected chi connectivity index (χ1v) is 11.3. The zero-order valence-electron chi connectivity index (χ0n) is 15.7. The molecule has 0 spiro atoms. The van der Waals surface area contributed by atoms with E-state index in [2.05, 4.69) is 35.4 Å². The summed E-state index contributed by atoms with van der Waals surface area (Å²) >= 11 is 3.42. The van der Waals surface area contributed by atoms with E-state index in [1.54, 1.807) is 16.7 Å². The topological polar surface area (TPSA) is 146 Å². The lowest BCUT2D eigenvalue weighted by Crippen LogP contribution is -2.07. The van der Waals surface area contributed by atoms with Crippen LogP contribution in [0.2, 0.25) is 0 Å². The van der Waals surface area contributed by atoms with E-state index in [9.17, 15) is 9.46 Å². The van der Waals surface area contributed by atoms with Crippen LogP contribution >= 0.6 is 23.5 Å². The largest absolute Gasteiger partial charge is 0.463 e. The fourth-order valence-corrected chi connectivity index (χ4v) is 3.97. The highest BCUT2D eigenvalue weighted by Gasteiger charge is 2.19. The molecule has 0 fully saturated rings. The van der Waals surface area contributed by atoms with Gasteiger partial charge in [0.2, 0.25) is 0 Å². The normalized spacial score (nSPS) is 13.5. The van der Waals surface area contributed by atoms with Crippen LogP contribution in [0.5, 0.6) is 6.01 Å². The van der Waals surface area contributed by atoms with Crippen molar-refractivity contribution in [3.8, 4) is 6.01 Å². The van der Waals surface area contributed by atoms with E-state index in [4.69, 9.17) is 15.6 Å². The van der Waals surface area contributed by atoms with Crippen molar-refractivity contribution in [3.05, 3.63) is 40.1 Å². The average molecular weight is 486 g/mol. The van der Waals surface area contributed by atoms with Crippen LogP contribution in [0.1, 0.15) is 17.5 Å². The number of aliphatic hydroxyl groups is 1. The summed E-state index contributed by atoms with van der Waals surface area (Å²) in [5, 5.41) is 8.88. The maximum Gasteiger partial charge on any atom is 0.332 e. The third kappa shape index (κ3) is 5.31. The van der Waals surface area contributed by atoms with Crippen molar-refractivity contribution in [1.29, 1.82) is 0 Å². The second-order valence-electron chi connectivity index (χ2n) is 6.25. The van der Waals surface area contributed by atoms with Crippen LogP contribution in [0.4, 0.5) is 5.82 Å². The Balaban J connectivity index is 1.91. The summed E-state index contributed by atoms with van der Waals surface area (Å²) < 4.78 is 24.2. The zero-order valence-corrected chi connectivity index (χ0v) is 18.1. The minimum Gasteiger partial charge on any atom is -0.463 e. The molecule has 3 aromatic rings. The van der Waals surface area contributed by atoms with Crippen LogP contribution in [0.25, 0.3) is 11.2 Å². The number of rotatable bonds is 9. The summed E-state index contributed by atoms with van der Waals surface area (Å²) in [6.07, 6.45) is 0.369. The quantitative estimate of drug-likeness (QED) is 0.236. The Labute approximate surface area is 175 Å². The van der Waals surface area contributed by atoms with E-state index in [0.717, 1.165) is 5.56 Å². The molecule has 0 saturated carbocycles. The lowest BCUT2D eigenvalue weighted by molar-refractivity contribution is 0.225. The van der Waals surface area contributed by atoms with Gasteiger partial charge < -0.3 is 25.0 Å². The van der Waals surface area contributed by atoms with Crippen LogP contribution in [0.15, 0.2) is 29.0 Å². The Morgan fingerprint density at radius 3 is 2.76 bits per heavy atom. The predicted octanol–water partition coefficient (Wildman–Crippen LogP) is 2.31. The second kappa shape index (κ2) is 9.19. The van der Waals surface area contributed by atoms with Gasteiger partial charge in [-0.2, -0.15) is 9.97 Å². The van der Waals surface area contributed by atoms with Crippen LogP contribution < -0.4 is 10.5 Å². The number of nitrogens with zero attached hydrogens (tertiary/aromatic N) is 4. The smallest absolute Gasteiger partial charge is 0.332 e. The summed E-state index contributed by atoms with van der Waals surface area (Å²) in [6.45, 7) is 0.654. The lowest BCUT2D eigenvalue weighted by Gasteiger charge is -2.11. The monoisotopic (exact) mass is 485 g/mol. The summed E-state index contributed by atoms with van der Waals surface area (Å²) in [5.41, 5.74) is 8.46. The number of aromatic nitrogens is 4. The van der Waals surface area contributed by atoms with Gasteiger partial charge in [-0.25, -0.2) is 4.98 Å². The van der Waals surface area contributed by atoms with Gasteiger partial charge in [-0.05, 0) is 27.1 Å². The molecule has 1 aromatic carbocycles. The van der Waals surface area contributed by atoms with E-state index in [0.29, 0.717) is 34.4 Å². The van der Waals surface area contributed by atoms with E-state index < -0.39 is 7.60 Å². The molecule has 10 nitrogen and oxygen atoms in total. The fourth-order valence-electron chi connectivity index (χ4n) is 2.71. The average Bonchev–Trinajstić information content (AvgIpc) is 2.98. The Kier molecular flexibility index (Phi) is 6.86. The van der Waals surface area contributed by atoms with Crippen molar-refractivity contribution in [1.82, 2.24) is 19.5 Å². The molecule has 0 aliphatic heterocycles. The standard InChI is InChI=1S/C17H21BrN5O5P/c1-27-29(25,26)10-12-5-2-4-11(8-12)9-23-15-13(20-16(23)18)14(19)21-17(22-15)28-7-3-6-24/h2,4-5,8,24H,3,6-7,9-10H2,1H3,(H,25,26)(H2,19,21,22). The molecule has 3 rings (SSSR count). The molecule has 0 saturated heterocycles. The van der Waals surface area contributed by atoms with Crippen molar-refractivity contribution in [3.63, 3.8) is 0 Å². The van der Waals surface area contributed by atoms with E-state index in [1.165, 1.54) is 7.11 Å². The van der Waals surface area contributed by atoms with Gasteiger partial charge in [0, 0.05) is 20.1 Å². The molecule has 0 amide bonds. The van der Waals surface area contributed by atoms with Gasteiger partial charge in [-0.1, -0.05) is 24.3 Å². The van der Waals surface area contributed by atoms with Crippen LogP contribution in [-0.4, -0.2) is 49.8 Å². The Hall–Kier alpha value is -2.04. The molecule has 29 heavy (non-hydrogen) atoms. The van der Waals surface area contributed by atoms with Crippen molar-refractivity contribution in [2.24, 2.45) is 0 Å². The first kappa shape index (κ1) is 21.7. The molecule has 1 atom stereocenters. The number of nitrogen functional groups attached to an aromatic ring is 1. The highest BCUT2D eigenvalue weighted by molar-refractivity contribution is 9.10.